The first-order valence-corrected chi connectivity index (χ1v) is 6.41. The van der Waals surface area contributed by atoms with E-state index in [0.29, 0.717) is 12.2 Å². The number of aliphatic hydroxyl groups excluding tert-OH is 1. The molecule has 2 saturated heterocycles. The van der Waals surface area contributed by atoms with Gasteiger partial charge < -0.3 is 14.7 Å². The maximum atomic E-state index is 9.49. The molecule has 0 spiro atoms. The molecule has 0 aliphatic carbocycles. The summed E-state index contributed by atoms with van der Waals surface area (Å²) in [4.78, 5) is 2.40. The van der Waals surface area contributed by atoms with Gasteiger partial charge in [-0.3, -0.25) is 0 Å². The minimum absolute atomic E-state index is 0.384. The minimum Gasteiger partial charge on any atom is -0.389 e. The van der Waals surface area contributed by atoms with E-state index in [-0.39, 0.29) is 6.10 Å². The molecule has 0 radical (unpaired) electrons. The van der Waals surface area contributed by atoms with Crippen LogP contribution >= 0.6 is 0 Å². The minimum atomic E-state index is -0.384. The van der Waals surface area contributed by atoms with Crippen molar-refractivity contribution in [1.29, 1.82) is 0 Å². The van der Waals surface area contributed by atoms with Gasteiger partial charge in [0.2, 0.25) is 0 Å². The number of morpholine rings is 1. The largest absolute Gasteiger partial charge is 0.389 e. The molecule has 1 aromatic carbocycles. The van der Waals surface area contributed by atoms with Gasteiger partial charge in [-0.1, -0.05) is 12.1 Å². The predicted molar refractivity (Wildman–Crippen MR) is 67.2 cm³/mol. The number of benzene rings is 1. The Morgan fingerprint density at radius 2 is 1.76 bits per heavy atom. The number of fused-ring (bicyclic) bond motifs is 2. The molecule has 92 valence electrons. The van der Waals surface area contributed by atoms with E-state index < -0.39 is 0 Å². The van der Waals surface area contributed by atoms with Crippen molar-refractivity contribution in [1.82, 2.24) is 0 Å². The molecule has 1 N–H and O–H groups in total. The molecular weight excluding hydrogens is 214 g/mol. The summed E-state index contributed by atoms with van der Waals surface area (Å²) in [5.41, 5.74) is 2.22. The average molecular weight is 233 g/mol. The van der Waals surface area contributed by atoms with Crippen LogP contribution in [-0.4, -0.2) is 30.4 Å². The van der Waals surface area contributed by atoms with Gasteiger partial charge in [0.1, 0.15) is 0 Å². The second kappa shape index (κ2) is 4.31. The van der Waals surface area contributed by atoms with Gasteiger partial charge in [-0.15, -0.1) is 0 Å². The third-order valence-electron chi connectivity index (χ3n) is 3.78. The average Bonchev–Trinajstić information content (AvgIpc) is 2.68. The van der Waals surface area contributed by atoms with Crippen LogP contribution in [0.15, 0.2) is 24.3 Å². The third-order valence-corrected chi connectivity index (χ3v) is 3.78. The van der Waals surface area contributed by atoms with E-state index in [1.807, 2.05) is 12.1 Å². The maximum absolute atomic E-state index is 9.49. The van der Waals surface area contributed by atoms with Crippen LogP contribution in [0.3, 0.4) is 0 Å². The van der Waals surface area contributed by atoms with Crippen molar-refractivity contribution in [3.8, 4) is 0 Å². The number of hydrogen-bond donors (Lipinski definition) is 1. The van der Waals surface area contributed by atoms with Crippen molar-refractivity contribution in [3.05, 3.63) is 29.8 Å². The van der Waals surface area contributed by atoms with Gasteiger partial charge in [-0.05, 0) is 37.5 Å². The van der Waals surface area contributed by atoms with Crippen LogP contribution in [0.5, 0.6) is 0 Å². The van der Waals surface area contributed by atoms with Crippen LogP contribution < -0.4 is 4.90 Å². The van der Waals surface area contributed by atoms with E-state index >= 15 is 0 Å². The molecule has 2 bridgehead atoms. The first kappa shape index (κ1) is 11.1. The maximum Gasteiger partial charge on any atom is 0.0761 e. The zero-order valence-corrected chi connectivity index (χ0v) is 10.2. The first-order valence-electron chi connectivity index (χ1n) is 6.41. The smallest absolute Gasteiger partial charge is 0.0761 e. The van der Waals surface area contributed by atoms with Crippen molar-refractivity contribution < 1.29 is 9.84 Å². The molecule has 3 unspecified atom stereocenters. The molecule has 2 heterocycles. The van der Waals surface area contributed by atoms with E-state index in [1.165, 1.54) is 18.5 Å². The van der Waals surface area contributed by atoms with Gasteiger partial charge in [0.05, 0.1) is 18.3 Å². The topological polar surface area (TPSA) is 32.7 Å². The van der Waals surface area contributed by atoms with Crippen LogP contribution in [-0.2, 0) is 4.74 Å². The quantitative estimate of drug-likeness (QED) is 0.849. The molecule has 3 nitrogen and oxygen atoms in total. The Morgan fingerprint density at radius 3 is 2.29 bits per heavy atom. The summed E-state index contributed by atoms with van der Waals surface area (Å²) in [6, 6.07) is 8.23. The second-order valence-electron chi connectivity index (χ2n) is 5.13. The Balaban J connectivity index is 1.75. The number of ether oxygens (including phenoxy) is 1. The molecule has 2 aliphatic rings. The van der Waals surface area contributed by atoms with Gasteiger partial charge in [-0.2, -0.15) is 0 Å². The van der Waals surface area contributed by atoms with Crippen molar-refractivity contribution in [3.63, 3.8) is 0 Å². The zero-order valence-electron chi connectivity index (χ0n) is 10.2. The van der Waals surface area contributed by atoms with E-state index in [1.54, 1.807) is 6.92 Å². The molecule has 2 fully saturated rings. The Bertz CT molecular complexity index is 376. The van der Waals surface area contributed by atoms with E-state index in [4.69, 9.17) is 4.74 Å². The number of aliphatic hydroxyl groups is 1. The lowest BCUT2D eigenvalue weighted by molar-refractivity contribution is 0.0305. The summed E-state index contributed by atoms with van der Waals surface area (Å²) in [5.74, 6) is 0. The predicted octanol–water partition coefficient (Wildman–Crippen LogP) is 2.11. The monoisotopic (exact) mass is 233 g/mol. The highest BCUT2D eigenvalue weighted by Crippen LogP contribution is 2.30. The Hall–Kier alpha value is -1.06. The van der Waals surface area contributed by atoms with Gasteiger partial charge in [0.25, 0.3) is 0 Å². The fourth-order valence-corrected chi connectivity index (χ4v) is 2.79. The SMILES string of the molecule is CC(O)c1ccc(N2CC3CCC(C2)O3)cc1. The highest BCUT2D eigenvalue weighted by atomic mass is 16.5. The summed E-state index contributed by atoms with van der Waals surface area (Å²) < 4.78 is 5.83. The normalized spacial score (nSPS) is 29.4. The number of rotatable bonds is 2. The summed E-state index contributed by atoms with van der Waals surface area (Å²) in [6.07, 6.45) is 2.86. The highest BCUT2D eigenvalue weighted by Gasteiger charge is 2.33. The number of hydrogen-bond acceptors (Lipinski definition) is 3. The van der Waals surface area contributed by atoms with E-state index in [9.17, 15) is 5.11 Å². The highest BCUT2D eigenvalue weighted by molar-refractivity contribution is 5.48. The summed E-state index contributed by atoms with van der Waals surface area (Å²) >= 11 is 0. The molecule has 0 aromatic heterocycles. The molecule has 0 amide bonds. The summed E-state index contributed by atoms with van der Waals surface area (Å²) in [6.45, 7) is 3.80. The van der Waals surface area contributed by atoms with Crippen LogP contribution in [0, 0.1) is 0 Å². The van der Waals surface area contributed by atoms with Crippen molar-refractivity contribution >= 4 is 5.69 Å². The molecule has 3 rings (SSSR count). The van der Waals surface area contributed by atoms with Crippen LogP contribution in [0.2, 0.25) is 0 Å². The standard InChI is InChI=1S/C14H19NO2/c1-10(16)11-2-4-12(5-3-11)15-8-13-6-7-14(9-15)17-13/h2-5,10,13-14,16H,6-9H2,1H3. The van der Waals surface area contributed by atoms with Crippen molar-refractivity contribution in [2.45, 2.75) is 38.1 Å². The second-order valence-corrected chi connectivity index (χ2v) is 5.13. The van der Waals surface area contributed by atoms with Gasteiger partial charge in [0.15, 0.2) is 0 Å². The van der Waals surface area contributed by atoms with E-state index in [0.717, 1.165) is 18.7 Å². The van der Waals surface area contributed by atoms with Crippen LogP contribution in [0.1, 0.15) is 31.4 Å². The Labute approximate surface area is 102 Å². The molecule has 1 aromatic rings. The first-order chi connectivity index (χ1) is 8.22. The fraction of sp³-hybridized carbons (Fsp3) is 0.571. The summed E-state index contributed by atoms with van der Waals surface area (Å²) in [7, 11) is 0. The van der Waals surface area contributed by atoms with Gasteiger partial charge in [-0.25, -0.2) is 0 Å². The number of anilines is 1. The molecule has 2 aliphatic heterocycles. The molecule has 3 atom stereocenters. The van der Waals surface area contributed by atoms with Crippen molar-refractivity contribution in [2.24, 2.45) is 0 Å². The lowest BCUT2D eigenvalue weighted by atomic mass is 10.1. The van der Waals surface area contributed by atoms with Gasteiger partial charge >= 0.3 is 0 Å². The summed E-state index contributed by atoms with van der Waals surface area (Å²) in [5, 5.41) is 9.49. The zero-order chi connectivity index (χ0) is 11.8. The van der Waals surface area contributed by atoms with Gasteiger partial charge in [0, 0.05) is 18.8 Å². The van der Waals surface area contributed by atoms with Crippen LogP contribution in [0.25, 0.3) is 0 Å². The number of nitrogens with zero attached hydrogens (tertiary/aromatic N) is 1. The molecular formula is C14H19NO2. The molecule has 3 heteroatoms. The Kier molecular flexibility index (Phi) is 2.81. The lowest BCUT2D eigenvalue weighted by Gasteiger charge is -2.34. The molecule has 17 heavy (non-hydrogen) atoms. The third kappa shape index (κ3) is 2.17. The van der Waals surface area contributed by atoms with Crippen LogP contribution in [0.4, 0.5) is 5.69 Å². The van der Waals surface area contributed by atoms with Crippen molar-refractivity contribution in [2.75, 3.05) is 18.0 Å². The van der Waals surface area contributed by atoms with E-state index in [2.05, 4.69) is 17.0 Å². The Morgan fingerprint density at radius 1 is 1.18 bits per heavy atom. The fourth-order valence-electron chi connectivity index (χ4n) is 2.79. The molecule has 0 saturated carbocycles. The lowest BCUT2D eigenvalue weighted by Crippen LogP contribution is -2.42.